The smallest absolute Gasteiger partial charge is 0.200 e. The molecule has 3 nitrogen and oxygen atoms in total. The van der Waals surface area contributed by atoms with E-state index in [2.05, 4.69) is 18.5 Å². The van der Waals surface area contributed by atoms with Crippen molar-refractivity contribution in [3.05, 3.63) is 47.5 Å². The van der Waals surface area contributed by atoms with E-state index in [-0.39, 0.29) is 22.6 Å². The highest BCUT2D eigenvalue weighted by atomic mass is 31.0. The van der Waals surface area contributed by atoms with E-state index in [1.165, 1.54) is 12.1 Å². The first-order chi connectivity index (χ1) is 8.49. The predicted molar refractivity (Wildman–Crippen MR) is 78.3 cm³/mol. The molecule has 2 N–H and O–H groups in total. The maximum Gasteiger partial charge on any atom is 0.200 e. The van der Waals surface area contributed by atoms with Gasteiger partial charge >= 0.3 is 0 Å². The summed E-state index contributed by atoms with van der Waals surface area (Å²) in [5, 5.41) is 21.0. The summed E-state index contributed by atoms with van der Waals surface area (Å²) in [7, 11) is 4.92. The predicted octanol–water partition coefficient (Wildman–Crippen LogP) is 1.33. The van der Waals surface area contributed by atoms with Crippen LogP contribution in [0.15, 0.2) is 36.4 Å². The summed E-state index contributed by atoms with van der Waals surface area (Å²) in [6, 6.07) is 9.41. The summed E-state index contributed by atoms with van der Waals surface area (Å²) in [4.78, 5) is 12.3. The Morgan fingerprint density at radius 3 is 1.61 bits per heavy atom. The number of phenols is 2. The van der Waals surface area contributed by atoms with Gasteiger partial charge in [-0.05, 0) is 34.9 Å². The lowest BCUT2D eigenvalue weighted by Gasteiger charge is -2.07. The van der Waals surface area contributed by atoms with Crippen LogP contribution in [0.4, 0.5) is 0 Å². The Hall–Kier alpha value is -1.43. The topological polar surface area (TPSA) is 57.5 Å². The third-order valence-electron chi connectivity index (χ3n) is 2.53. The van der Waals surface area contributed by atoms with E-state index in [1.807, 2.05) is 0 Å². The molecule has 2 atom stereocenters. The Labute approximate surface area is 109 Å². The number of carbonyl (C=O) groups is 1. The quantitative estimate of drug-likeness (QED) is 0.643. The Bertz CT molecular complexity index is 570. The SMILES string of the molecule is O=C(c1cc(P)ccc1O)c1cc(P)ccc1O. The third kappa shape index (κ3) is 2.53. The first-order valence-corrected chi connectivity index (χ1v) is 6.36. The van der Waals surface area contributed by atoms with Gasteiger partial charge in [0.1, 0.15) is 11.5 Å². The highest BCUT2D eigenvalue weighted by molar-refractivity contribution is 7.27. The molecule has 0 fully saturated rings. The molecule has 2 aromatic rings. The fraction of sp³-hybridized carbons (Fsp3) is 0. The zero-order valence-electron chi connectivity index (χ0n) is 9.42. The summed E-state index contributed by atoms with van der Waals surface area (Å²) in [6.07, 6.45) is 0. The molecule has 92 valence electrons. The van der Waals surface area contributed by atoms with Crippen molar-refractivity contribution in [2.24, 2.45) is 0 Å². The molecule has 0 aliphatic heterocycles. The first kappa shape index (κ1) is 13.0. The van der Waals surface area contributed by atoms with Crippen LogP contribution in [0.1, 0.15) is 15.9 Å². The highest BCUT2D eigenvalue weighted by Gasteiger charge is 2.17. The van der Waals surface area contributed by atoms with E-state index < -0.39 is 5.78 Å². The molecule has 0 radical (unpaired) electrons. The molecule has 0 aromatic heterocycles. The molecule has 0 aliphatic carbocycles. The van der Waals surface area contributed by atoms with Crippen molar-refractivity contribution in [3.8, 4) is 11.5 Å². The normalized spacial score (nSPS) is 10.3. The van der Waals surface area contributed by atoms with Crippen molar-refractivity contribution in [1.29, 1.82) is 0 Å². The van der Waals surface area contributed by atoms with E-state index in [1.54, 1.807) is 24.3 Å². The van der Waals surface area contributed by atoms with Crippen molar-refractivity contribution in [3.63, 3.8) is 0 Å². The van der Waals surface area contributed by atoms with Gasteiger partial charge in [0.15, 0.2) is 0 Å². The molecule has 2 aromatic carbocycles. The molecular weight excluding hydrogens is 266 g/mol. The standard InChI is InChI=1S/C13H12O3P2/c14-11-3-1-7(17)5-9(11)13(16)10-6-8(18)2-4-12(10)15/h1-6,14-15H,17-18H2. The zero-order chi connectivity index (χ0) is 13.3. The average molecular weight is 278 g/mol. The van der Waals surface area contributed by atoms with Crippen LogP contribution in [0.3, 0.4) is 0 Å². The van der Waals surface area contributed by atoms with Crippen LogP contribution < -0.4 is 10.6 Å². The lowest BCUT2D eigenvalue weighted by molar-refractivity contribution is 0.103. The Balaban J connectivity index is 2.54. The number of hydrogen-bond acceptors (Lipinski definition) is 3. The van der Waals surface area contributed by atoms with Gasteiger partial charge in [0.2, 0.25) is 5.78 Å². The second-order valence-electron chi connectivity index (χ2n) is 3.88. The van der Waals surface area contributed by atoms with E-state index in [4.69, 9.17) is 0 Å². The molecule has 0 spiro atoms. The largest absolute Gasteiger partial charge is 0.507 e. The molecule has 0 saturated carbocycles. The molecule has 2 rings (SSSR count). The van der Waals surface area contributed by atoms with Crippen molar-refractivity contribution >= 4 is 34.9 Å². The van der Waals surface area contributed by atoms with E-state index in [0.717, 1.165) is 10.6 Å². The fourth-order valence-corrected chi connectivity index (χ4v) is 2.14. The fourth-order valence-electron chi connectivity index (χ4n) is 1.62. The Morgan fingerprint density at radius 1 is 0.833 bits per heavy atom. The van der Waals surface area contributed by atoms with Crippen LogP contribution in [0, 0.1) is 0 Å². The van der Waals surface area contributed by atoms with Gasteiger partial charge in [0.25, 0.3) is 0 Å². The number of ketones is 1. The van der Waals surface area contributed by atoms with Crippen LogP contribution in [-0.4, -0.2) is 16.0 Å². The monoisotopic (exact) mass is 278 g/mol. The summed E-state index contributed by atoms with van der Waals surface area (Å²) >= 11 is 0. The first-order valence-electron chi connectivity index (χ1n) is 5.20. The van der Waals surface area contributed by atoms with Crippen molar-refractivity contribution in [1.82, 2.24) is 0 Å². The lowest BCUT2D eigenvalue weighted by atomic mass is 10.0. The van der Waals surface area contributed by atoms with Gasteiger partial charge in [-0.3, -0.25) is 4.79 Å². The van der Waals surface area contributed by atoms with Gasteiger partial charge in [-0.15, -0.1) is 18.5 Å². The van der Waals surface area contributed by atoms with Crippen LogP contribution >= 0.6 is 18.5 Å². The van der Waals surface area contributed by atoms with E-state index in [0.29, 0.717) is 0 Å². The van der Waals surface area contributed by atoms with Crippen molar-refractivity contribution in [2.75, 3.05) is 0 Å². The van der Waals surface area contributed by atoms with Gasteiger partial charge in [-0.1, -0.05) is 12.1 Å². The number of rotatable bonds is 2. The molecule has 0 heterocycles. The van der Waals surface area contributed by atoms with Gasteiger partial charge in [0, 0.05) is 0 Å². The van der Waals surface area contributed by atoms with Crippen LogP contribution in [-0.2, 0) is 0 Å². The van der Waals surface area contributed by atoms with Crippen molar-refractivity contribution in [2.45, 2.75) is 0 Å². The molecule has 2 unspecified atom stereocenters. The van der Waals surface area contributed by atoms with Crippen molar-refractivity contribution < 1.29 is 15.0 Å². The maximum absolute atomic E-state index is 12.3. The molecule has 5 heteroatoms. The number of aromatic hydroxyl groups is 2. The molecule has 0 bridgehead atoms. The van der Waals surface area contributed by atoms with E-state index in [9.17, 15) is 15.0 Å². The van der Waals surface area contributed by atoms with Gasteiger partial charge in [0.05, 0.1) is 11.1 Å². The number of phenolic OH excluding ortho intramolecular Hbond substituents is 2. The summed E-state index contributed by atoms with van der Waals surface area (Å²) in [5.41, 5.74) is 0.349. The maximum atomic E-state index is 12.3. The lowest BCUT2D eigenvalue weighted by Crippen LogP contribution is -2.07. The van der Waals surface area contributed by atoms with Crippen LogP contribution in [0.5, 0.6) is 11.5 Å². The summed E-state index contributed by atoms with van der Waals surface area (Å²) in [6.45, 7) is 0. The van der Waals surface area contributed by atoms with Gasteiger partial charge in [-0.2, -0.15) is 0 Å². The number of hydrogen-bond donors (Lipinski definition) is 2. The minimum Gasteiger partial charge on any atom is -0.507 e. The summed E-state index contributed by atoms with van der Waals surface area (Å²) < 4.78 is 0. The molecule has 18 heavy (non-hydrogen) atoms. The molecule has 0 aliphatic rings. The third-order valence-corrected chi connectivity index (χ3v) is 3.25. The number of carbonyl (C=O) groups excluding carboxylic acids is 1. The molecule has 0 amide bonds. The average Bonchev–Trinajstić information content (AvgIpc) is 2.34. The minimum atomic E-state index is -0.404. The second-order valence-corrected chi connectivity index (χ2v) is 5.22. The van der Waals surface area contributed by atoms with Gasteiger partial charge < -0.3 is 10.2 Å². The highest BCUT2D eigenvalue weighted by Crippen LogP contribution is 2.24. The Kier molecular flexibility index (Phi) is 3.65. The minimum absolute atomic E-state index is 0.0974. The molecular formula is C13H12O3P2. The zero-order valence-corrected chi connectivity index (χ0v) is 11.7. The summed E-state index contributed by atoms with van der Waals surface area (Å²) in [5.74, 6) is -0.599. The second kappa shape index (κ2) is 5.06. The Morgan fingerprint density at radius 2 is 1.22 bits per heavy atom. The van der Waals surface area contributed by atoms with Gasteiger partial charge in [-0.25, -0.2) is 0 Å². The van der Waals surface area contributed by atoms with Crippen LogP contribution in [0.25, 0.3) is 0 Å². The molecule has 0 saturated heterocycles. The van der Waals surface area contributed by atoms with Crippen LogP contribution in [0.2, 0.25) is 0 Å². The van der Waals surface area contributed by atoms with E-state index >= 15 is 0 Å². The number of benzene rings is 2.